The van der Waals surface area contributed by atoms with Gasteiger partial charge < -0.3 is 19.6 Å². The van der Waals surface area contributed by atoms with Gasteiger partial charge in [0, 0.05) is 25.6 Å². The van der Waals surface area contributed by atoms with Crippen LogP contribution in [0.1, 0.15) is 38.6 Å². The normalized spacial score (nSPS) is 22.0. The summed E-state index contributed by atoms with van der Waals surface area (Å²) in [6.07, 6.45) is 1.67. The Hall–Kier alpha value is -2.07. The highest BCUT2D eigenvalue weighted by atomic mass is 16.5. The van der Waals surface area contributed by atoms with Crippen molar-refractivity contribution >= 4 is 12.4 Å². The number of ether oxygens (including phenoxy) is 1. The average molecular weight is 368 g/mol. The van der Waals surface area contributed by atoms with Gasteiger partial charge in [-0.2, -0.15) is 0 Å². The standard InChI is InChI=1S/C15H26N6O2.CH2O2/c1-11(2)20-6-4-12(5-7-20)15(22)21-8-9-23-13(10-21)14-16-17-18-19(14)3;2-1-3/h11-13H,4-10H2,1-3H3;1H,(H,2,3). The highest BCUT2D eigenvalue weighted by Gasteiger charge is 2.33. The maximum atomic E-state index is 12.8. The zero-order valence-electron chi connectivity index (χ0n) is 15.6. The Labute approximate surface area is 153 Å². The summed E-state index contributed by atoms with van der Waals surface area (Å²) in [5, 5.41) is 18.4. The van der Waals surface area contributed by atoms with Gasteiger partial charge in [-0.1, -0.05) is 0 Å². The van der Waals surface area contributed by atoms with E-state index in [-0.39, 0.29) is 24.4 Å². The van der Waals surface area contributed by atoms with E-state index in [9.17, 15) is 4.79 Å². The van der Waals surface area contributed by atoms with Crippen LogP contribution < -0.4 is 0 Å². The smallest absolute Gasteiger partial charge is 0.290 e. The molecule has 26 heavy (non-hydrogen) atoms. The van der Waals surface area contributed by atoms with E-state index < -0.39 is 0 Å². The van der Waals surface area contributed by atoms with Crippen LogP contribution in [0.15, 0.2) is 0 Å². The molecule has 1 unspecified atom stereocenters. The Balaban J connectivity index is 0.000000758. The van der Waals surface area contributed by atoms with Crippen LogP contribution in [0.2, 0.25) is 0 Å². The van der Waals surface area contributed by atoms with E-state index in [4.69, 9.17) is 14.6 Å². The number of morpholine rings is 1. The molecule has 0 spiro atoms. The van der Waals surface area contributed by atoms with Crippen LogP contribution in [0.4, 0.5) is 0 Å². The number of piperidine rings is 1. The van der Waals surface area contributed by atoms with Crippen molar-refractivity contribution in [2.45, 2.75) is 38.8 Å². The van der Waals surface area contributed by atoms with Crippen LogP contribution in [0.25, 0.3) is 0 Å². The molecule has 10 heteroatoms. The highest BCUT2D eigenvalue weighted by Crippen LogP contribution is 2.25. The fourth-order valence-corrected chi connectivity index (χ4v) is 3.44. The summed E-state index contributed by atoms with van der Waals surface area (Å²) in [4.78, 5) is 25.6. The van der Waals surface area contributed by atoms with Crippen LogP contribution in [-0.4, -0.2) is 86.3 Å². The first-order valence-electron chi connectivity index (χ1n) is 8.92. The summed E-state index contributed by atoms with van der Waals surface area (Å²) < 4.78 is 7.36. The third-order valence-corrected chi connectivity index (χ3v) is 4.93. The van der Waals surface area contributed by atoms with E-state index in [1.165, 1.54) is 0 Å². The second-order valence-corrected chi connectivity index (χ2v) is 6.81. The number of hydrogen-bond acceptors (Lipinski definition) is 7. The van der Waals surface area contributed by atoms with Crippen molar-refractivity contribution in [1.82, 2.24) is 30.0 Å². The zero-order chi connectivity index (χ0) is 19.1. The molecular formula is C16H28N6O4. The summed E-state index contributed by atoms with van der Waals surface area (Å²) in [5.41, 5.74) is 0. The van der Waals surface area contributed by atoms with Gasteiger partial charge in [-0.3, -0.25) is 9.59 Å². The molecule has 3 heterocycles. The van der Waals surface area contributed by atoms with Gasteiger partial charge in [0.15, 0.2) is 5.82 Å². The van der Waals surface area contributed by atoms with E-state index in [1.807, 2.05) is 4.90 Å². The minimum atomic E-state index is -0.250. The van der Waals surface area contributed by atoms with Gasteiger partial charge in [0.05, 0.1) is 13.2 Å². The molecule has 1 atom stereocenters. The molecule has 1 N–H and O–H groups in total. The van der Waals surface area contributed by atoms with Crippen molar-refractivity contribution in [2.24, 2.45) is 13.0 Å². The van der Waals surface area contributed by atoms with Gasteiger partial charge in [0.1, 0.15) is 6.10 Å². The first kappa shape index (κ1) is 20.2. The summed E-state index contributed by atoms with van der Waals surface area (Å²) in [5.74, 6) is 1.08. The van der Waals surface area contributed by atoms with Gasteiger partial charge in [-0.05, 0) is 50.2 Å². The molecule has 0 bridgehead atoms. The molecule has 0 aliphatic carbocycles. The van der Waals surface area contributed by atoms with Gasteiger partial charge in [0.2, 0.25) is 5.91 Å². The van der Waals surface area contributed by atoms with Crippen molar-refractivity contribution in [2.75, 3.05) is 32.8 Å². The third kappa shape index (κ3) is 4.98. The molecule has 2 aliphatic heterocycles. The zero-order valence-corrected chi connectivity index (χ0v) is 15.6. The number of aromatic nitrogens is 4. The summed E-state index contributed by atoms with van der Waals surface area (Å²) in [6.45, 7) is 7.92. The van der Waals surface area contributed by atoms with E-state index in [1.54, 1.807) is 11.7 Å². The lowest BCUT2D eigenvalue weighted by Crippen LogP contribution is -2.48. The first-order chi connectivity index (χ1) is 12.5. The van der Waals surface area contributed by atoms with Crippen LogP contribution in [0, 0.1) is 5.92 Å². The number of amides is 1. The average Bonchev–Trinajstić information content (AvgIpc) is 3.08. The lowest BCUT2D eigenvalue weighted by molar-refractivity contribution is -0.145. The molecule has 0 aromatic carbocycles. The Bertz CT molecular complexity index is 585. The lowest BCUT2D eigenvalue weighted by Gasteiger charge is -2.38. The predicted molar refractivity (Wildman–Crippen MR) is 92.2 cm³/mol. The van der Waals surface area contributed by atoms with E-state index in [0.29, 0.717) is 31.6 Å². The summed E-state index contributed by atoms with van der Waals surface area (Å²) >= 11 is 0. The maximum absolute atomic E-state index is 12.8. The monoisotopic (exact) mass is 368 g/mol. The van der Waals surface area contributed by atoms with Crippen LogP contribution in [-0.2, 0) is 21.4 Å². The molecule has 1 aromatic heterocycles. The van der Waals surface area contributed by atoms with Crippen molar-refractivity contribution in [3.8, 4) is 0 Å². The molecule has 0 radical (unpaired) electrons. The van der Waals surface area contributed by atoms with Crippen molar-refractivity contribution in [1.29, 1.82) is 0 Å². The van der Waals surface area contributed by atoms with Crippen molar-refractivity contribution < 1.29 is 19.4 Å². The molecule has 1 amide bonds. The number of nitrogens with zero attached hydrogens (tertiary/aromatic N) is 6. The van der Waals surface area contributed by atoms with E-state index in [2.05, 4.69) is 34.3 Å². The van der Waals surface area contributed by atoms with Crippen LogP contribution in [0.5, 0.6) is 0 Å². The van der Waals surface area contributed by atoms with Gasteiger partial charge in [-0.25, -0.2) is 4.68 Å². The van der Waals surface area contributed by atoms with E-state index in [0.717, 1.165) is 25.9 Å². The summed E-state index contributed by atoms with van der Waals surface area (Å²) in [7, 11) is 1.79. The van der Waals surface area contributed by atoms with Gasteiger partial charge in [-0.15, -0.1) is 5.10 Å². The van der Waals surface area contributed by atoms with Gasteiger partial charge in [0.25, 0.3) is 6.47 Å². The number of rotatable bonds is 3. The van der Waals surface area contributed by atoms with Crippen molar-refractivity contribution in [3.63, 3.8) is 0 Å². The number of carbonyl (C=O) groups excluding carboxylic acids is 1. The number of hydrogen-bond donors (Lipinski definition) is 1. The molecule has 2 saturated heterocycles. The number of carboxylic acid groups (broad SMARTS) is 1. The molecule has 3 rings (SSSR count). The minimum absolute atomic E-state index is 0.140. The molecule has 2 aliphatic rings. The Morgan fingerprint density at radius 1 is 1.31 bits per heavy atom. The molecule has 146 valence electrons. The third-order valence-electron chi connectivity index (χ3n) is 4.93. The second-order valence-electron chi connectivity index (χ2n) is 6.81. The Morgan fingerprint density at radius 3 is 2.50 bits per heavy atom. The number of carbonyl (C=O) groups is 2. The highest BCUT2D eigenvalue weighted by molar-refractivity contribution is 5.79. The fraction of sp³-hybridized carbons (Fsp3) is 0.812. The topological polar surface area (TPSA) is 114 Å². The Kier molecular flexibility index (Phi) is 7.46. The minimum Gasteiger partial charge on any atom is -0.483 e. The summed E-state index contributed by atoms with van der Waals surface area (Å²) in [6, 6.07) is 0.558. The molecule has 2 fully saturated rings. The number of likely N-dealkylation sites (tertiary alicyclic amines) is 1. The quantitative estimate of drug-likeness (QED) is 0.738. The molecule has 10 nitrogen and oxygen atoms in total. The number of aryl methyl sites for hydroxylation is 1. The van der Waals surface area contributed by atoms with Crippen LogP contribution in [0.3, 0.4) is 0 Å². The van der Waals surface area contributed by atoms with Crippen molar-refractivity contribution in [3.05, 3.63) is 5.82 Å². The molecule has 1 aromatic rings. The molecular weight excluding hydrogens is 340 g/mol. The predicted octanol–water partition coefficient (Wildman–Crippen LogP) is -0.0688. The lowest BCUT2D eigenvalue weighted by atomic mass is 9.94. The maximum Gasteiger partial charge on any atom is 0.290 e. The fourth-order valence-electron chi connectivity index (χ4n) is 3.44. The molecule has 0 saturated carbocycles. The SMILES string of the molecule is CC(C)N1CCC(C(=O)N2CCOC(c3nnnn3C)C2)CC1.O=CO. The largest absolute Gasteiger partial charge is 0.483 e. The Morgan fingerprint density at radius 2 is 1.96 bits per heavy atom. The first-order valence-corrected chi connectivity index (χ1v) is 8.92. The van der Waals surface area contributed by atoms with E-state index >= 15 is 0 Å². The van der Waals surface area contributed by atoms with Crippen LogP contribution >= 0.6 is 0 Å². The number of tetrazole rings is 1. The second kappa shape index (κ2) is 9.58. The van der Waals surface area contributed by atoms with Gasteiger partial charge >= 0.3 is 0 Å².